The first-order valence-electron chi connectivity index (χ1n) is 11.4. The molecule has 1 atom stereocenters. The Hall–Kier alpha value is -2.29. The third-order valence-electron chi connectivity index (χ3n) is 5.97. The van der Waals surface area contributed by atoms with E-state index in [2.05, 4.69) is 5.32 Å². The molecule has 0 aliphatic heterocycles. The summed E-state index contributed by atoms with van der Waals surface area (Å²) in [5.41, 5.74) is 3.19. The lowest BCUT2D eigenvalue weighted by atomic mass is 10.1. The van der Waals surface area contributed by atoms with E-state index >= 15 is 0 Å². The van der Waals surface area contributed by atoms with Crippen LogP contribution in [-0.2, 0) is 26.2 Å². The number of halogens is 2. The second-order valence-corrected chi connectivity index (χ2v) is 11.2. The second-order valence-electron chi connectivity index (χ2n) is 8.47. The van der Waals surface area contributed by atoms with Gasteiger partial charge in [0.1, 0.15) is 6.04 Å². The Kier molecular flexibility index (Phi) is 10.4. The molecule has 2 amide bonds. The third-order valence-corrected chi connectivity index (χ3v) is 7.89. The van der Waals surface area contributed by atoms with Gasteiger partial charge in [0, 0.05) is 26.6 Å². The van der Waals surface area contributed by atoms with Crippen LogP contribution in [-0.4, -0.2) is 51.0 Å². The van der Waals surface area contributed by atoms with Gasteiger partial charge in [-0.25, -0.2) is 8.42 Å². The number of aryl methyl sites for hydroxylation is 1. The van der Waals surface area contributed by atoms with Gasteiger partial charge in [-0.1, -0.05) is 48.3 Å². The van der Waals surface area contributed by atoms with Crippen molar-refractivity contribution >= 4 is 50.7 Å². The maximum atomic E-state index is 13.3. The highest BCUT2D eigenvalue weighted by molar-refractivity contribution is 7.92. The molecule has 0 saturated heterocycles. The number of nitrogens with zero attached hydrogens (tertiary/aromatic N) is 2. The van der Waals surface area contributed by atoms with E-state index in [0.717, 1.165) is 22.9 Å². The molecular weight excluding hydrogens is 509 g/mol. The highest BCUT2D eigenvalue weighted by Crippen LogP contribution is 2.26. The molecule has 2 rings (SSSR count). The van der Waals surface area contributed by atoms with E-state index in [1.165, 1.54) is 16.3 Å². The number of carbonyl (C=O) groups excluding carboxylic acids is 2. The van der Waals surface area contributed by atoms with E-state index in [0.29, 0.717) is 28.6 Å². The Morgan fingerprint density at radius 2 is 1.77 bits per heavy atom. The van der Waals surface area contributed by atoms with Gasteiger partial charge in [-0.3, -0.25) is 13.9 Å². The minimum Gasteiger partial charge on any atom is -0.357 e. The zero-order valence-electron chi connectivity index (χ0n) is 20.8. The standard InChI is InChI=1S/C25H33Cl2N3O4S/c1-6-22(25(32)28-4)29(16-19-12-13-20(26)21(27)15-19)24(31)11-8-14-30(35(5,33)34)23-10-7-9-17(2)18(23)3/h7,9-10,12-13,15,22H,6,8,11,14,16H2,1-5H3,(H,28,32). The van der Waals surface area contributed by atoms with Gasteiger partial charge in [-0.15, -0.1) is 0 Å². The monoisotopic (exact) mass is 541 g/mol. The molecule has 1 N–H and O–H groups in total. The number of amides is 2. The third kappa shape index (κ3) is 7.59. The molecule has 0 aliphatic carbocycles. The van der Waals surface area contributed by atoms with Gasteiger partial charge in [0.05, 0.1) is 22.0 Å². The Morgan fingerprint density at radius 1 is 1.09 bits per heavy atom. The number of hydrogen-bond acceptors (Lipinski definition) is 4. The van der Waals surface area contributed by atoms with Crippen LogP contribution in [0.2, 0.25) is 10.0 Å². The summed E-state index contributed by atoms with van der Waals surface area (Å²) < 4.78 is 26.4. The van der Waals surface area contributed by atoms with Crippen molar-refractivity contribution in [2.75, 3.05) is 24.2 Å². The van der Waals surface area contributed by atoms with Crippen LogP contribution in [0.25, 0.3) is 0 Å². The zero-order valence-corrected chi connectivity index (χ0v) is 23.1. The number of benzene rings is 2. The zero-order chi connectivity index (χ0) is 26.3. The molecule has 0 saturated carbocycles. The summed E-state index contributed by atoms with van der Waals surface area (Å²) in [7, 11) is -2.03. The number of rotatable bonds is 11. The smallest absolute Gasteiger partial charge is 0.242 e. The normalized spacial score (nSPS) is 12.2. The van der Waals surface area contributed by atoms with Crippen molar-refractivity contribution in [2.24, 2.45) is 0 Å². The molecule has 0 bridgehead atoms. The fourth-order valence-corrected chi connectivity index (χ4v) is 5.25. The van der Waals surface area contributed by atoms with E-state index in [-0.39, 0.29) is 31.3 Å². The summed E-state index contributed by atoms with van der Waals surface area (Å²) in [6.07, 6.45) is 1.95. The summed E-state index contributed by atoms with van der Waals surface area (Å²) in [6.45, 7) is 5.96. The fraction of sp³-hybridized carbons (Fsp3) is 0.440. The quantitative estimate of drug-likeness (QED) is 0.446. The number of anilines is 1. The highest BCUT2D eigenvalue weighted by Gasteiger charge is 2.28. The SMILES string of the molecule is CCC(C(=O)NC)N(Cc1ccc(Cl)c(Cl)c1)C(=O)CCCN(c1cccc(C)c1C)S(C)(=O)=O. The first kappa shape index (κ1) is 28.9. The molecule has 2 aromatic rings. The Labute approximate surface area is 218 Å². The van der Waals surface area contributed by atoms with Crippen LogP contribution in [0.1, 0.15) is 42.9 Å². The number of nitrogens with one attached hydrogen (secondary N) is 1. The predicted octanol–water partition coefficient (Wildman–Crippen LogP) is 4.71. The molecule has 192 valence electrons. The van der Waals surface area contributed by atoms with Gasteiger partial charge in [-0.2, -0.15) is 0 Å². The van der Waals surface area contributed by atoms with Crippen molar-refractivity contribution in [2.45, 2.75) is 52.6 Å². The minimum absolute atomic E-state index is 0.0751. The van der Waals surface area contributed by atoms with Gasteiger partial charge in [0.25, 0.3) is 0 Å². The average molecular weight is 543 g/mol. The lowest BCUT2D eigenvalue weighted by molar-refractivity contribution is -0.141. The first-order chi connectivity index (χ1) is 16.4. The molecule has 0 spiro atoms. The van der Waals surface area contributed by atoms with E-state index in [1.807, 2.05) is 32.9 Å². The molecule has 0 aromatic heterocycles. The van der Waals surface area contributed by atoms with Crippen LogP contribution in [0.5, 0.6) is 0 Å². The van der Waals surface area contributed by atoms with Crippen LogP contribution < -0.4 is 9.62 Å². The molecule has 2 aromatic carbocycles. The minimum atomic E-state index is -3.55. The molecule has 1 unspecified atom stereocenters. The lowest BCUT2D eigenvalue weighted by Crippen LogP contribution is -2.48. The predicted molar refractivity (Wildman–Crippen MR) is 142 cm³/mol. The van der Waals surface area contributed by atoms with Crippen molar-refractivity contribution in [3.05, 3.63) is 63.1 Å². The molecule has 35 heavy (non-hydrogen) atoms. The van der Waals surface area contributed by atoms with Crippen molar-refractivity contribution in [1.29, 1.82) is 0 Å². The average Bonchev–Trinajstić information content (AvgIpc) is 2.80. The van der Waals surface area contributed by atoms with E-state index in [1.54, 1.807) is 24.3 Å². The van der Waals surface area contributed by atoms with E-state index in [4.69, 9.17) is 23.2 Å². The lowest BCUT2D eigenvalue weighted by Gasteiger charge is -2.31. The summed E-state index contributed by atoms with van der Waals surface area (Å²) >= 11 is 12.2. The first-order valence-corrected chi connectivity index (χ1v) is 14.0. The Balaban J connectivity index is 2.25. The second kappa shape index (κ2) is 12.6. The van der Waals surface area contributed by atoms with Crippen molar-refractivity contribution < 1.29 is 18.0 Å². The highest BCUT2D eigenvalue weighted by atomic mass is 35.5. The molecule has 0 fully saturated rings. The van der Waals surface area contributed by atoms with Gasteiger partial charge in [0.2, 0.25) is 21.8 Å². The molecule has 0 radical (unpaired) electrons. The Morgan fingerprint density at radius 3 is 2.34 bits per heavy atom. The van der Waals surface area contributed by atoms with Gasteiger partial charge in [-0.05, 0) is 61.6 Å². The van der Waals surface area contributed by atoms with Crippen LogP contribution in [0, 0.1) is 13.8 Å². The van der Waals surface area contributed by atoms with Crippen LogP contribution in [0.15, 0.2) is 36.4 Å². The van der Waals surface area contributed by atoms with Crippen molar-refractivity contribution in [3.8, 4) is 0 Å². The van der Waals surface area contributed by atoms with Crippen LogP contribution >= 0.6 is 23.2 Å². The molecule has 10 heteroatoms. The summed E-state index contributed by atoms with van der Waals surface area (Å²) in [4.78, 5) is 27.4. The maximum absolute atomic E-state index is 13.3. The van der Waals surface area contributed by atoms with Crippen LogP contribution in [0.4, 0.5) is 5.69 Å². The largest absolute Gasteiger partial charge is 0.357 e. The fourth-order valence-electron chi connectivity index (χ4n) is 3.91. The van der Waals surface area contributed by atoms with Crippen LogP contribution in [0.3, 0.4) is 0 Å². The number of carbonyl (C=O) groups is 2. The van der Waals surface area contributed by atoms with E-state index < -0.39 is 16.1 Å². The summed E-state index contributed by atoms with van der Waals surface area (Å²) in [6, 6.07) is 9.91. The number of likely N-dealkylation sites (N-methyl/N-ethyl adjacent to an activating group) is 1. The van der Waals surface area contributed by atoms with Gasteiger partial charge >= 0.3 is 0 Å². The maximum Gasteiger partial charge on any atom is 0.242 e. The van der Waals surface area contributed by atoms with E-state index in [9.17, 15) is 18.0 Å². The summed E-state index contributed by atoms with van der Waals surface area (Å²) in [5.74, 6) is -0.519. The van der Waals surface area contributed by atoms with Gasteiger partial charge < -0.3 is 10.2 Å². The molecule has 0 heterocycles. The Bertz CT molecular complexity index is 1170. The van der Waals surface area contributed by atoms with Crippen molar-refractivity contribution in [3.63, 3.8) is 0 Å². The molecule has 7 nitrogen and oxygen atoms in total. The number of hydrogen-bond donors (Lipinski definition) is 1. The number of sulfonamides is 1. The van der Waals surface area contributed by atoms with Crippen molar-refractivity contribution in [1.82, 2.24) is 10.2 Å². The van der Waals surface area contributed by atoms with Gasteiger partial charge in [0.15, 0.2) is 0 Å². The topological polar surface area (TPSA) is 86.8 Å². The molecule has 0 aliphatic rings. The summed E-state index contributed by atoms with van der Waals surface area (Å²) in [5, 5.41) is 3.38. The molecular formula is C25H33Cl2N3O4S.